The third-order valence-corrected chi connectivity index (χ3v) is 10.7. The van der Waals surface area contributed by atoms with Crippen LogP contribution in [0.4, 0.5) is 0 Å². The molecule has 0 spiro atoms. The van der Waals surface area contributed by atoms with Gasteiger partial charge in [0.05, 0.1) is 0 Å². The Bertz CT molecular complexity index is 996. The molecule has 2 aromatic carbocycles. The minimum absolute atomic E-state index is 0. The van der Waals surface area contributed by atoms with Crippen LogP contribution in [0, 0.1) is 0 Å². The molecule has 128 valence electrons. The van der Waals surface area contributed by atoms with E-state index in [2.05, 4.69) is 89.8 Å². The van der Waals surface area contributed by atoms with Crippen molar-refractivity contribution in [2.45, 2.75) is 10.1 Å². The molecule has 1 nitrogen and oxygen atoms in total. The third kappa shape index (κ3) is 3.43. The number of fused-ring (bicyclic) bond motifs is 2. The first-order valence-corrected chi connectivity index (χ1v) is 12.3. The number of nitrogens with zero attached hydrogens (tertiary/aromatic N) is 1. The first-order chi connectivity index (χ1) is 11.9. The van der Waals surface area contributed by atoms with Gasteiger partial charge in [-0.2, -0.15) is 0 Å². The van der Waals surface area contributed by atoms with Gasteiger partial charge in [0.25, 0.3) is 0 Å². The van der Waals surface area contributed by atoms with Crippen LogP contribution in [0.25, 0.3) is 22.5 Å². The van der Waals surface area contributed by atoms with Gasteiger partial charge < -0.3 is 24.8 Å². The summed E-state index contributed by atoms with van der Waals surface area (Å²) in [6, 6.07) is 17.6. The van der Waals surface area contributed by atoms with Gasteiger partial charge in [-0.15, -0.1) is 0 Å². The maximum Gasteiger partial charge on any atom is -1.00 e. The van der Waals surface area contributed by atoms with Gasteiger partial charge in [-0.3, -0.25) is 0 Å². The molecule has 1 unspecified atom stereocenters. The number of benzene rings is 2. The van der Waals surface area contributed by atoms with Crippen molar-refractivity contribution in [1.29, 1.82) is 0 Å². The number of halogens is 2. The van der Waals surface area contributed by atoms with Gasteiger partial charge >= 0.3 is 154 Å². The number of rotatable bonds is 3. The zero-order chi connectivity index (χ0) is 15.9. The smallest absolute Gasteiger partial charge is 1.00 e. The largest absolute Gasteiger partial charge is 1.00 e. The summed E-state index contributed by atoms with van der Waals surface area (Å²) in [5.74, 6) is 0. The fourth-order valence-corrected chi connectivity index (χ4v) is 9.39. The summed E-state index contributed by atoms with van der Waals surface area (Å²) in [4.78, 5) is 0. The average Bonchev–Trinajstić information content (AvgIpc) is 3.33. The average molecular weight is 545 g/mol. The maximum absolute atomic E-state index is 2.41. The molecule has 5 rings (SSSR count). The van der Waals surface area contributed by atoms with E-state index in [0.29, 0.717) is 3.67 Å². The number of allylic oxidation sites excluding steroid dienone is 5. The predicted octanol–water partition coefficient (Wildman–Crippen LogP) is -0.372. The van der Waals surface area contributed by atoms with E-state index in [-0.39, 0.29) is 24.8 Å². The summed E-state index contributed by atoms with van der Waals surface area (Å²) in [5, 5.41) is 2.64. The van der Waals surface area contributed by atoms with Crippen molar-refractivity contribution < 1.29 is 47.7 Å². The van der Waals surface area contributed by atoms with Crippen LogP contribution in [0.15, 0.2) is 82.5 Å². The topological polar surface area (TPSA) is 4.93 Å². The van der Waals surface area contributed by atoms with Crippen LogP contribution < -0.4 is 24.8 Å². The third-order valence-electron chi connectivity index (χ3n) is 4.86. The molecule has 0 N–H and O–H groups in total. The Hall–Kier alpha value is -1.35. The summed E-state index contributed by atoms with van der Waals surface area (Å²) in [6.07, 6.45) is 15.1. The number of hydrogen-bond donors (Lipinski definition) is 0. The molecule has 1 atom stereocenters. The molecule has 1 heterocycles. The molecular weight excluding hydrogens is 528 g/mol. The van der Waals surface area contributed by atoms with Crippen molar-refractivity contribution in [3.63, 3.8) is 0 Å². The molecular formula is C22H17Cl2HfN. The Morgan fingerprint density at radius 3 is 2.27 bits per heavy atom. The van der Waals surface area contributed by atoms with Crippen LogP contribution in [0.2, 0.25) is 0 Å². The second-order valence-corrected chi connectivity index (χ2v) is 11.8. The molecule has 0 amide bonds. The number of aromatic nitrogens is 1. The van der Waals surface area contributed by atoms with Gasteiger partial charge in [0.1, 0.15) is 0 Å². The first-order valence-electron chi connectivity index (χ1n) is 8.38. The minimum atomic E-state index is -0.948. The van der Waals surface area contributed by atoms with E-state index in [4.69, 9.17) is 0 Å². The Morgan fingerprint density at radius 2 is 1.58 bits per heavy atom. The number of hydrogen-bond acceptors (Lipinski definition) is 0. The molecule has 1 aromatic heterocycles. The van der Waals surface area contributed by atoms with E-state index < -0.39 is 22.9 Å². The van der Waals surface area contributed by atoms with Crippen LogP contribution in [0.5, 0.6) is 0 Å². The Balaban J connectivity index is 0.000000980. The van der Waals surface area contributed by atoms with Crippen molar-refractivity contribution in [3.05, 3.63) is 93.6 Å². The van der Waals surface area contributed by atoms with Gasteiger partial charge in [0.2, 0.25) is 0 Å². The SMILES string of the molecule is C1=CC[C]([Hf+2][CH]2C(n3cc4ccccc4c3)=Cc3ccccc32)=C1.[Cl-].[Cl-]. The Kier molecular flexibility index (Phi) is 6.06. The minimum Gasteiger partial charge on any atom is -1.00 e. The molecule has 3 aromatic rings. The van der Waals surface area contributed by atoms with E-state index in [1.54, 1.807) is 8.89 Å². The molecule has 4 heteroatoms. The summed E-state index contributed by atoms with van der Waals surface area (Å²) in [5.41, 5.74) is 4.43. The Labute approximate surface area is 177 Å². The summed E-state index contributed by atoms with van der Waals surface area (Å²) >= 11 is -0.948. The quantitative estimate of drug-likeness (QED) is 0.397. The van der Waals surface area contributed by atoms with Crippen LogP contribution in [-0.2, 0) is 22.9 Å². The van der Waals surface area contributed by atoms with Crippen LogP contribution in [-0.4, -0.2) is 4.57 Å². The molecule has 0 radical (unpaired) electrons. The molecule has 0 fully saturated rings. The molecule has 2 aliphatic carbocycles. The van der Waals surface area contributed by atoms with E-state index in [1.165, 1.54) is 28.5 Å². The molecule has 0 aliphatic heterocycles. The van der Waals surface area contributed by atoms with E-state index in [9.17, 15) is 0 Å². The summed E-state index contributed by atoms with van der Waals surface area (Å²) < 4.78 is 4.74. The zero-order valence-corrected chi connectivity index (χ0v) is 19.2. The van der Waals surface area contributed by atoms with Gasteiger partial charge in [0, 0.05) is 0 Å². The fourth-order valence-electron chi connectivity index (χ4n) is 3.65. The van der Waals surface area contributed by atoms with Crippen LogP contribution >= 0.6 is 0 Å². The predicted molar refractivity (Wildman–Crippen MR) is 97.1 cm³/mol. The Morgan fingerprint density at radius 1 is 0.885 bits per heavy atom. The van der Waals surface area contributed by atoms with Crippen molar-refractivity contribution >= 4 is 22.5 Å². The van der Waals surface area contributed by atoms with Crippen molar-refractivity contribution in [2.24, 2.45) is 0 Å². The van der Waals surface area contributed by atoms with Crippen LogP contribution in [0.1, 0.15) is 21.2 Å². The van der Waals surface area contributed by atoms with Crippen molar-refractivity contribution in [1.82, 2.24) is 4.57 Å². The van der Waals surface area contributed by atoms with Gasteiger partial charge in [-0.1, -0.05) is 0 Å². The molecule has 0 saturated carbocycles. The summed E-state index contributed by atoms with van der Waals surface area (Å²) in [7, 11) is 0. The zero-order valence-electron chi connectivity index (χ0n) is 14.1. The van der Waals surface area contributed by atoms with E-state index in [1.807, 2.05) is 0 Å². The van der Waals surface area contributed by atoms with Gasteiger partial charge in [-0.05, 0) is 0 Å². The molecule has 2 aliphatic rings. The second-order valence-electron chi connectivity index (χ2n) is 6.39. The van der Waals surface area contributed by atoms with E-state index >= 15 is 0 Å². The molecule has 0 bridgehead atoms. The second kappa shape index (κ2) is 8.12. The molecule has 26 heavy (non-hydrogen) atoms. The van der Waals surface area contributed by atoms with Gasteiger partial charge in [-0.25, -0.2) is 0 Å². The first kappa shape index (κ1) is 19.4. The van der Waals surface area contributed by atoms with E-state index in [0.717, 1.165) is 0 Å². The maximum atomic E-state index is 2.41. The van der Waals surface area contributed by atoms with Crippen LogP contribution in [0.3, 0.4) is 0 Å². The monoisotopic (exact) mass is 545 g/mol. The normalized spacial score (nSPS) is 17.0. The van der Waals surface area contributed by atoms with Crippen molar-refractivity contribution in [2.75, 3.05) is 0 Å². The molecule has 0 saturated heterocycles. The van der Waals surface area contributed by atoms with Crippen molar-refractivity contribution in [3.8, 4) is 0 Å². The summed E-state index contributed by atoms with van der Waals surface area (Å²) in [6.45, 7) is 0. The van der Waals surface area contributed by atoms with Gasteiger partial charge in [0.15, 0.2) is 0 Å². The standard InChI is InChI=1S/C17H12N.C5H5.2ClH.Hf/c1-2-6-14-10-17(9-13(14)5-1)18-11-15-7-3-4-8-16(15)12-18;1-2-4-5-3-1;;;/h1-12H;1-3H,4H2;2*1H;/q;;;;+2/p-2. The fraction of sp³-hybridized carbons (Fsp3) is 0.0909.